The molecule has 0 unspecified atom stereocenters. The highest BCUT2D eigenvalue weighted by Crippen LogP contribution is 2.00. The maximum absolute atomic E-state index is 5.35. The fraction of sp³-hybridized carbons (Fsp3) is 0.231. The van der Waals surface area contributed by atoms with Gasteiger partial charge in [0.1, 0.15) is 0 Å². The zero-order valence-electron chi connectivity index (χ0n) is 8.67. The fourth-order valence-electron chi connectivity index (χ4n) is 1.10. The largest absolute Gasteiger partial charge is 0.373 e. The molecule has 0 aliphatic rings. The molecule has 0 aromatic heterocycles. The minimum absolute atomic E-state index is 0.645. The summed E-state index contributed by atoms with van der Waals surface area (Å²) in [5, 5.41) is 0. The van der Waals surface area contributed by atoms with Crippen molar-refractivity contribution in [1.82, 2.24) is 0 Å². The maximum atomic E-state index is 5.35. The van der Waals surface area contributed by atoms with Crippen LogP contribution >= 0.6 is 12.6 Å². The molecule has 80 valence electrons. The Balaban J connectivity index is 2.15. The van der Waals surface area contributed by atoms with E-state index < -0.39 is 0 Å². The number of benzene rings is 1. The highest BCUT2D eigenvalue weighted by Gasteiger charge is 1.82. The predicted octanol–water partition coefficient (Wildman–Crippen LogP) is 3.20. The molecule has 0 heterocycles. The third-order valence-electron chi connectivity index (χ3n) is 1.81. The van der Waals surface area contributed by atoms with Crippen molar-refractivity contribution in [1.29, 1.82) is 0 Å². The Morgan fingerprint density at radius 3 is 2.47 bits per heavy atom. The van der Waals surface area contributed by atoms with Crippen molar-refractivity contribution in [3.05, 3.63) is 54.1 Å². The summed E-state index contributed by atoms with van der Waals surface area (Å²) in [5.41, 5.74) is 1.20. The summed E-state index contributed by atoms with van der Waals surface area (Å²) < 4.78 is 5.35. The van der Waals surface area contributed by atoms with Crippen molar-refractivity contribution in [3.8, 4) is 0 Å². The van der Waals surface area contributed by atoms with Crippen LogP contribution < -0.4 is 0 Å². The molecule has 1 rings (SSSR count). The lowest BCUT2D eigenvalue weighted by Crippen LogP contribution is -1.90. The molecular formula is C13H16OS. The Kier molecular flexibility index (Phi) is 6.71. The lowest BCUT2D eigenvalue weighted by atomic mass is 10.2. The number of rotatable bonds is 6. The Morgan fingerprint density at radius 1 is 1.00 bits per heavy atom. The Hall–Kier alpha value is -0.990. The topological polar surface area (TPSA) is 9.23 Å². The van der Waals surface area contributed by atoms with E-state index in [2.05, 4.69) is 30.8 Å². The van der Waals surface area contributed by atoms with E-state index in [-0.39, 0.29) is 0 Å². The van der Waals surface area contributed by atoms with Crippen molar-refractivity contribution in [2.75, 3.05) is 19.0 Å². The molecule has 0 atom stereocenters. The zero-order valence-corrected chi connectivity index (χ0v) is 9.57. The molecule has 0 saturated carbocycles. The van der Waals surface area contributed by atoms with Gasteiger partial charge in [-0.05, 0) is 5.56 Å². The molecule has 0 aliphatic carbocycles. The molecule has 0 radical (unpaired) electrons. The highest BCUT2D eigenvalue weighted by atomic mass is 32.1. The monoisotopic (exact) mass is 220 g/mol. The van der Waals surface area contributed by atoms with E-state index in [0.717, 1.165) is 5.75 Å². The summed E-state index contributed by atoms with van der Waals surface area (Å²) in [6.07, 6.45) is 8.03. The number of hydrogen-bond acceptors (Lipinski definition) is 2. The molecule has 1 aromatic carbocycles. The van der Waals surface area contributed by atoms with Gasteiger partial charge in [0.2, 0.25) is 0 Å². The molecular weight excluding hydrogens is 204 g/mol. The maximum Gasteiger partial charge on any atom is 0.0654 e. The number of hydrogen-bond donors (Lipinski definition) is 1. The molecule has 15 heavy (non-hydrogen) atoms. The van der Waals surface area contributed by atoms with Crippen LogP contribution in [0, 0.1) is 0 Å². The van der Waals surface area contributed by atoms with E-state index >= 15 is 0 Å². The van der Waals surface area contributed by atoms with E-state index in [1.165, 1.54) is 5.56 Å². The van der Waals surface area contributed by atoms with Crippen molar-refractivity contribution in [2.24, 2.45) is 0 Å². The van der Waals surface area contributed by atoms with E-state index in [4.69, 9.17) is 4.74 Å². The molecule has 2 heteroatoms. The summed E-state index contributed by atoms with van der Waals surface area (Å²) >= 11 is 4.06. The van der Waals surface area contributed by atoms with Gasteiger partial charge in [-0.15, -0.1) is 0 Å². The summed E-state index contributed by atoms with van der Waals surface area (Å²) in [5.74, 6) is 0.767. The van der Waals surface area contributed by atoms with Crippen LogP contribution in [0.3, 0.4) is 0 Å². The second-order valence-electron chi connectivity index (χ2n) is 3.00. The van der Waals surface area contributed by atoms with Crippen LogP contribution in [0.2, 0.25) is 0 Å². The van der Waals surface area contributed by atoms with Gasteiger partial charge in [0, 0.05) is 5.75 Å². The van der Waals surface area contributed by atoms with Gasteiger partial charge in [-0.3, -0.25) is 0 Å². The van der Waals surface area contributed by atoms with Crippen molar-refractivity contribution >= 4 is 18.7 Å². The molecule has 1 aromatic rings. The minimum Gasteiger partial charge on any atom is -0.373 e. The van der Waals surface area contributed by atoms with Crippen molar-refractivity contribution < 1.29 is 4.74 Å². The molecule has 0 spiro atoms. The SMILES string of the molecule is SCC=CCOCC=Cc1ccccc1. The van der Waals surface area contributed by atoms with E-state index in [9.17, 15) is 0 Å². The standard InChI is InChI=1S/C13H16OS/c15-12-5-4-10-14-11-6-9-13-7-2-1-3-8-13/h1-9,15H,10-12H2. The van der Waals surface area contributed by atoms with Crippen LogP contribution in [-0.4, -0.2) is 19.0 Å². The quantitative estimate of drug-likeness (QED) is 0.440. The summed E-state index contributed by atoms with van der Waals surface area (Å²) in [4.78, 5) is 0. The first kappa shape index (κ1) is 12.1. The minimum atomic E-state index is 0.645. The first-order valence-electron chi connectivity index (χ1n) is 4.98. The average Bonchev–Trinajstić information content (AvgIpc) is 2.29. The Bertz CT molecular complexity index is 304. The molecule has 0 amide bonds. The van der Waals surface area contributed by atoms with E-state index in [1.807, 2.05) is 36.4 Å². The second-order valence-corrected chi connectivity index (χ2v) is 3.37. The fourth-order valence-corrected chi connectivity index (χ4v) is 1.24. The predicted molar refractivity (Wildman–Crippen MR) is 69.3 cm³/mol. The van der Waals surface area contributed by atoms with Gasteiger partial charge in [-0.25, -0.2) is 0 Å². The molecule has 0 bridgehead atoms. The Labute approximate surface area is 96.9 Å². The second kappa shape index (κ2) is 8.33. The smallest absolute Gasteiger partial charge is 0.0654 e. The zero-order chi connectivity index (χ0) is 10.8. The molecule has 0 N–H and O–H groups in total. The van der Waals surface area contributed by atoms with Gasteiger partial charge >= 0.3 is 0 Å². The average molecular weight is 220 g/mol. The van der Waals surface area contributed by atoms with Crippen LogP contribution in [0.5, 0.6) is 0 Å². The molecule has 1 nitrogen and oxygen atoms in total. The highest BCUT2D eigenvalue weighted by molar-refractivity contribution is 7.80. The van der Waals surface area contributed by atoms with E-state index in [0.29, 0.717) is 13.2 Å². The number of thiol groups is 1. The van der Waals surface area contributed by atoms with Crippen LogP contribution in [0.25, 0.3) is 6.08 Å². The van der Waals surface area contributed by atoms with Crippen molar-refractivity contribution in [2.45, 2.75) is 0 Å². The van der Waals surface area contributed by atoms with Gasteiger partial charge in [0.25, 0.3) is 0 Å². The van der Waals surface area contributed by atoms with Crippen LogP contribution in [0.1, 0.15) is 5.56 Å². The molecule has 0 saturated heterocycles. The van der Waals surface area contributed by atoms with Gasteiger partial charge < -0.3 is 4.74 Å². The third-order valence-corrected chi connectivity index (χ3v) is 2.02. The van der Waals surface area contributed by atoms with Gasteiger partial charge in [-0.2, -0.15) is 12.6 Å². The van der Waals surface area contributed by atoms with E-state index in [1.54, 1.807) is 0 Å². The van der Waals surface area contributed by atoms with Crippen LogP contribution in [-0.2, 0) is 4.74 Å². The van der Waals surface area contributed by atoms with Gasteiger partial charge in [0.05, 0.1) is 13.2 Å². The normalized spacial score (nSPS) is 11.5. The first-order valence-corrected chi connectivity index (χ1v) is 5.62. The van der Waals surface area contributed by atoms with Gasteiger partial charge in [0.15, 0.2) is 0 Å². The third kappa shape index (κ3) is 6.15. The van der Waals surface area contributed by atoms with Crippen LogP contribution in [0.4, 0.5) is 0 Å². The molecule has 0 fully saturated rings. The molecule has 0 aliphatic heterocycles. The Morgan fingerprint density at radius 2 is 1.73 bits per heavy atom. The lowest BCUT2D eigenvalue weighted by molar-refractivity contribution is 0.194. The summed E-state index contributed by atoms with van der Waals surface area (Å²) in [6.45, 7) is 1.30. The number of ether oxygens (including phenoxy) is 1. The lowest BCUT2D eigenvalue weighted by Gasteiger charge is -1.95. The van der Waals surface area contributed by atoms with Gasteiger partial charge in [-0.1, -0.05) is 54.6 Å². The van der Waals surface area contributed by atoms with Crippen molar-refractivity contribution in [3.63, 3.8) is 0 Å². The summed E-state index contributed by atoms with van der Waals surface area (Å²) in [7, 11) is 0. The summed E-state index contributed by atoms with van der Waals surface area (Å²) in [6, 6.07) is 10.2. The first-order chi connectivity index (χ1) is 7.43. The van der Waals surface area contributed by atoms with Crippen LogP contribution in [0.15, 0.2) is 48.6 Å².